The largest absolute Gasteiger partial charge is 0.455 e. The van der Waals surface area contributed by atoms with E-state index in [1.54, 1.807) is 0 Å². The Morgan fingerprint density at radius 2 is 1.68 bits per heavy atom. The maximum absolute atomic E-state index is 13.2. The van der Waals surface area contributed by atoms with E-state index in [1.165, 1.54) is 18.2 Å². The van der Waals surface area contributed by atoms with Crippen molar-refractivity contribution < 1.29 is 31.1 Å². The topological polar surface area (TPSA) is 35.2 Å². The van der Waals surface area contributed by atoms with Crippen molar-refractivity contribution in [2.75, 3.05) is 13.2 Å². The molecule has 2 N–H and O–H groups in total. The minimum absolute atomic E-state index is 0.0159. The van der Waals surface area contributed by atoms with Crippen molar-refractivity contribution in [3.63, 3.8) is 0 Å². The molecular weight excluding hydrogens is 276 g/mol. The molecule has 0 bridgehead atoms. The number of rotatable bonds is 5. The van der Waals surface area contributed by atoms with E-state index in [9.17, 15) is 26.3 Å². The lowest BCUT2D eigenvalue weighted by atomic mass is 10.1. The summed E-state index contributed by atoms with van der Waals surface area (Å²) in [4.78, 5) is 0. The first-order valence-corrected chi connectivity index (χ1v) is 5.17. The van der Waals surface area contributed by atoms with Crippen LogP contribution in [0, 0.1) is 5.82 Å². The average Bonchev–Trinajstić information content (AvgIpc) is 2.27. The summed E-state index contributed by atoms with van der Waals surface area (Å²) in [5.41, 5.74) is 5.43. The number of nitrogens with two attached hydrogens (primary N) is 1. The second kappa shape index (κ2) is 5.79. The number of hydrogen-bond donors (Lipinski definition) is 1. The highest BCUT2D eigenvalue weighted by Crippen LogP contribution is 2.35. The molecule has 0 aliphatic rings. The molecule has 0 radical (unpaired) electrons. The third-order valence-corrected chi connectivity index (χ3v) is 2.30. The zero-order chi connectivity index (χ0) is 14.7. The summed E-state index contributed by atoms with van der Waals surface area (Å²) < 4.78 is 77.9. The van der Waals surface area contributed by atoms with Crippen LogP contribution in [0.4, 0.5) is 26.3 Å². The Kier molecular flexibility index (Phi) is 4.81. The number of hydrogen-bond acceptors (Lipinski definition) is 2. The van der Waals surface area contributed by atoms with E-state index in [1.807, 2.05) is 0 Å². The smallest absolute Gasteiger partial charge is 0.373 e. The summed E-state index contributed by atoms with van der Waals surface area (Å²) in [6, 6.07) is 4.13. The van der Waals surface area contributed by atoms with E-state index in [0.717, 1.165) is 6.07 Å². The molecule has 1 atom stereocenters. The molecule has 0 fully saturated rings. The fourth-order valence-electron chi connectivity index (χ4n) is 1.26. The molecular formula is C11H11F6NO. The van der Waals surface area contributed by atoms with Gasteiger partial charge in [-0.15, -0.1) is 0 Å². The molecule has 0 spiro atoms. The molecule has 1 aromatic rings. The SMILES string of the molecule is NC(COCC(F)(F)C(F)(F)F)c1ccccc1F. The summed E-state index contributed by atoms with van der Waals surface area (Å²) in [6.45, 7) is -2.49. The zero-order valence-corrected chi connectivity index (χ0v) is 9.55. The minimum Gasteiger partial charge on any atom is -0.373 e. The third-order valence-electron chi connectivity index (χ3n) is 2.30. The first-order valence-electron chi connectivity index (χ1n) is 5.17. The van der Waals surface area contributed by atoms with Crippen LogP contribution < -0.4 is 5.73 Å². The van der Waals surface area contributed by atoms with Gasteiger partial charge in [-0.05, 0) is 6.07 Å². The quantitative estimate of drug-likeness (QED) is 0.845. The highest BCUT2D eigenvalue weighted by atomic mass is 19.4. The van der Waals surface area contributed by atoms with Crippen LogP contribution in [0.2, 0.25) is 0 Å². The van der Waals surface area contributed by atoms with Gasteiger partial charge in [0.1, 0.15) is 12.4 Å². The zero-order valence-electron chi connectivity index (χ0n) is 9.55. The van der Waals surface area contributed by atoms with Gasteiger partial charge in [0, 0.05) is 5.56 Å². The number of halogens is 6. The lowest BCUT2D eigenvalue weighted by Crippen LogP contribution is -2.41. The van der Waals surface area contributed by atoms with Gasteiger partial charge in [0.15, 0.2) is 0 Å². The molecule has 19 heavy (non-hydrogen) atoms. The molecule has 108 valence electrons. The van der Waals surface area contributed by atoms with Crippen molar-refractivity contribution in [1.82, 2.24) is 0 Å². The van der Waals surface area contributed by atoms with Crippen molar-refractivity contribution in [2.45, 2.75) is 18.1 Å². The highest BCUT2D eigenvalue weighted by Gasteiger charge is 2.57. The van der Waals surface area contributed by atoms with Gasteiger partial charge in [-0.2, -0.15) is 22.0 Å². The fraction of sp³-hybridized carbons (Fsp3) is 0.455. The highest BCUT2D eigenvalue weighted by molar-refractivity contribution is 5.20. The predicted molar refractivity (Wildman–Crippen MR) is 55.1 cm³/mol. The van der Waals surface area contributed by atoms with Crippen molar-refractivity contribution in [3.05, 3.63) is 35.6 Å². The molecule has 0 saturated heterocycles. The van der Waals surface area contributed by atoms with E-state index in [0.29, 0.717) is 0 Å². The Bertz CT molecular complexity index is 420. The van der Waals surface area contributed by atoms with Crippen LogP contribution in [-0.2, 0) is 4.74 Å². The minimum atomic E-state index is -5.69. The van der Waals surface area contributed by atoms with E-state index in [2.05, 4.69) is 4.74 Å². The Labute approximate surface area is 105 Å². The average molecular weight is 287 g/mol. The monoisotopic (exact) mass is 287 g/mol. The Morgan fingerprint density at radius 1 is 1.11 bits per heavy atom. The van der Waals surface area contributed by atoms with Crippen molar-refractivity contribution in [2.24, 2.45) is 5.73 Å². The molecule has 1 rings (SSSR count). The van der Waals surface area contributed by atoms with Gasteiger partial charge in [-0.3, -0.25) is 0 Å². The molecule has 0 saturated carbocycles. The summed E-state index contributed by atoms with van der Waals surface area (Å²) in [6.07, 6.45) is -5.69. The molecule has 0 aromatic heterocycles. The second-order valence-corrected chi connectivity index (χ2v) is 3.85. The van der Waals surface area contributed by atoms with Gasteiger partial charge in [-0.25, -0.2) is 4.39 Å². The fourth-order valence-corrected chi connectivity index (χ4v) is 1.26. The van der Waals surface area contributed by atoms with Crippen LogP contribution in [0.25, 0.3) is 0 Å². The first kappa shape index (κ1) is 15.8. The van der Waals surface area contributed by atoms with Crippen LogP contribution in [0.15, 0.2) is 24.3 Å². The Balaban J connectivity index is 2.53. The van der Waals surface area contributed by atoms with Crippen LogP contribution in [0.1, 0.15) is 11.6 Å². The van der Waals surface area contributed by atoms with Crippen molar-refractivity contribution >= 4 is 0 Å². The number of alkyl halides is 5. The Hall–Kier alpha value is -1.28. The van der Waals surface area contributed by atoms with Gasteiger partial charge < -0.3 is 10.5 Å². The predicted octanol–water partition coefficient (Wildman–Crippen LogP) is 3.04. The summed E-state index contributed by atoms with van der Waals surface area (Å²) in [5.74, 6) is -5.64. The molecule has 1 aromatic carbocycles. The van der Waals surface area contributed by atoms with E-state index >= 15 is 0 Å². The van der Waals surface area contributed by atoms with Crippen LogP contribution in [0.5, 0.6) is 0 Å². The second-order valence-electron chi connectivity index (χ2n) is 3.85. The van der Waals surface area contributed by atoms with Crippen LogP contribution in [-0.4, -0.2) is 25.3 Å². The lowest BCUT2D eigenvalue weighted by Gasteiger charge is -2.20. The molecule has 0 aliphatic carbocycles. The number of benzene rings is 1. The molecule has 0 heterocycles. The van der Waals surface area contributed by atoms with Gasteiger partial charge >= 0.3 is 12.1 Å². The van der Waals surface area contributed by atoms with E-state index < -0.39 is 37.2 Å². The van der Waals surface area contributed by atoms with Crippen molar-refractivity contribution in [3.8, 4) is 0 Å². The molecule has 1 unspecified atom stereocenters. The number of ether oxygens (including phenoxy) is 1. The standard InChI is InChI=1S/C11H11F6NO/c12-8-4-2-1-3-7(8)9(18)5-19-6-10(13,14)11(15,16)17/h1-4,9H,5-6,18H2. The Morgan fingerprint density at radius 3 is 2.21 bits per heavy atom. The molecule has 8 heteroatoms. The third kappa shape index (κ3) is 4.10. The molecule has 0 aliphatic heterocycles. The van der Waals surface area contributed by atoms with Gasteiger partial charge in [-0.1, -0.05) is 18.2 Å². The maximum atomic E-state index is 13.2. The van der Waals surface area contributed by atoms with Gasteiger partial charge in [0.2, 0.25) is 0 Å². The normalized spacial score (nSPS) is 14.5. The van der Waals surface area contributed by atoms with Crippen LogP contribution in [0.3, 0.4) is 0 Å². The van der Waals surface area contributed by atoms with Gasteiger partial charge in [0.05, 0.1) is 12.6 Å². The van der Waals surface area contributed by atoms with Crippen molar-refractivity contribution in [1.29, 1.82) is 0 Å². The lowest BCUT2D eigenvalue weighted by molar-refractivity contribution is -0.297. The summed E-state index contributed by atoms with van der Waals surface area (Å²) in [7, 11) is 0. The maximum Gasteiger partial charge on any atom is 0.455 e. The van der Waals surface area contributed by atoms with Gasteiger partial charge in [0.25, 0.3) is 0 Å². The summed E-state index contributed by atoms with van der Waals surface area (Å²) >= 11 is 0. The molecule has 0 amide bonds. The van der Waals surface area contributed by atoms with E-state index in [4.69, 9.17) is 5.73 Å². The first-order chi connectivity index (χ1) is 8.65. The summed E-state index contributed by atoms with van der Waals surface area (Å²) in [5, 5.41) is 0. The van der Waals surface area contributed by atoms with Crippen LogP contribution >= 0.6 is 0 Å². The van der Waals surface area contributed by atoms with E-state index in [-0.39, 0.29) is 5.56 Å². The molecule has 2 nitrogen and oxygen atoms in total.